The first kappa shape index (κ1) is 12.1. The van der Waals surface area contributed by atoms with Gasteiger partial charge >= 0.3 is 5.97 Å². The minimum atomic E-state index is -1.30. The first-order valence-electron chi connectivity index (χ1n) is 5.64. The average molecular weight is 280 g/mol. The van der Waals surface area contributed by atoms with Crippen molar-refractivity contribution in [2.24, 2.45) is 0 Å². The van der Waals surface area contributed by atoms with Crippen LogP contribution >= 0.6 is 11.8 Å². The van der Waals surface area contributed by atoms with E-state index in [4.69, 9.17) is 5.11 Å². The second-order valence-corrected chi connectivity index (χ2v) is 5.17. The monoisotopic (exact) mass is 280 g/mol. The molecule has 8 heteroatoms. The van der Waals surface area contributed by atoms with Crippen LogP contribution in [0.1, 0.15) is 29.2 Å². The quantitative estimate of drug-likeness (QED) is 0.922. The summed E-state index contributed by atoms with van der Waals surface area (Å²) in [6.45, 7) is 0. The molecule has 98 valence electrons. The smallest absolute Gasteiger partial charge is 0.339 e. The highest BCUT2D eigenvalue weighted by molar-refractivity contribution is 7.99. The van der Waals surface area contributed by atoms with Gasteiger partial charge in [-0.15, -0.1) is 5.10 Å². The predicted molar refractivity (Wildman–Crippen MR) is 63.6 cm³/mol. The fourth-order valence-corrected chi connectivity index (χ4v) is 2.68. The standard InChI is InChI=1S/C11H9FN4O2S/c12-7-2-1-3-8(9(7)10(17)18)19-11-13-14-15-16(11)6-4-5-6/h1-3,6H,4-5H2,(H,17,18). The molecule has 0 bridgehead atoms. The number of benzene rings is 1. The van der Waals surface area contributed by atoms with Crippen LogP contribution in [0.3, 0.4) is 0 Å². The molecule has 19 heavy (non-hydrogen) atoms. The molecule has 1 N–H and O–H groups in total. The molecular formula is C11H9FN4O2S. The van der Waals surface area contributed by atoms with E-state index in [1.54, 1.807) is 10.7 Å². The minimum Gasteiger partial charge on any atom is -0.478 e. The fourth-order valence-electron chi connectivity index (χ4n) is 1.70. The van der Waals surface area contributed by atoms with Gasteiger partial charge in [0.05, 0.1) is 6.04 Å². The molecular weight excluding hydrogens is 271 g/mol. The molecule has 0 saturated heterocycles. The van der Waals surface area contributed by atoms with Gasteiger partial charge in [-0.1, -0.05) is 6.07 Å². The number of nitrogens with zero attached hydrogens (tertiary/aromatic N) is 4. The molecule has 0 unspecified atom stereocenters. The highest BCUT2D eigenvalue weighted by Gasteiger charge is 2.29. The number of aromatic nitrogens is 4. The van der Waals surface area contributed by atoms with Crippen molar-refractivity contribution in [3.63, 3.8) is 0 Å². The molecule has 1 aromatic carbocycles. The van der Waals surface area contributed by atoms with Crippen LogP contribution in [0.25, 0.3) is 0 Å². The Morgan fingerprint density at radius 1 is 1.47 bits per heavy atom. The van der Waals surface area contributed by atoms with Crippen LogP contribution in [0.5, 0.6) is 0 Å². The Kier molecular flexibility index (Phi) is 2.94. The first-order valence-corrected chi connectivity index (χ1v) is 6.46. The summed E-state index contributed by atoms with van der Waals surface area (Å²) in [4.78, 5) is 11.4. The van der Waals surface area contributed by atoms with Crippen molar-refractivity contribution in [2.45, 2.75) is 28.9 Å². The summed E-state index contributed by atoms with van der Waals surface area (Å²) in [5.74, 6) is -2.06. The molecule has 1 heterocycles. The van der Waals surface area contributed by atoms with Crippen molar-refractivity contribution >= 4 is 17.7 Å². The Labute approximate surface area is 111 Å². The zero-order chi connectivity index (χ0) is 13.4. The molecule has 0 radical (unpaired) electrons. The van der Waals surface area contributed by atoms with E-state index >= 15 is 0 Å². The van der Waals surface area contributed by atoms with Gasteiger partial charge in [0.15, 0.2) is 0 Å². The van der Waals surface area contributed by atoms with Crippen LogP contribution in [0.4, 0.5) is 4.39 Å². The lowest BCUT2D eigenvalue weighted by Crippen LogP contribution is -2.04. The van der Waals surface area contributed by atoms with Gasteiger partial charge in [0.1, 0.15) is 11.4 Å². The summed E-state index contributed by atoms with van der Waals surface area (Å²) in [6, 6.07) is 4.41. The zero-order valence-corrected chi connectivity index (χ0v) is 10.5. The number of carboxylic acid groups (broad SMARTS) is 1. The molecule has 0 spiro atoms. The fraction of sp³-hybridized carbons (Fsp3) is 0.273. The number of aromatic carboxylic acids is 1. The summed E-state index contributed by atoms with van der Waals surface area (Å²) in [5, 5.41) is 20.8. The van der Waals surface area contributed by atoms with Gasteiger partial charge in [-0.25, -0.2) is 13.9 Å². The lowest BCUT2D eigenvalue weighted by Gasteiger charge is -2.06. The van der Waals surface area contributed by atoms with Crippen molar-refractivity contribution < 1.29 is 14.3 Å². The van der Waals surface area contributed by atoms with E-state index in [9.17, 15) is 9.18 Å². The molecule has 1 fully saturated rings. The lowest BCUT2D eigenvalue weighted by atomic mass is 10.2. The maximum absolute atomic E-state index is 13.5. The number of tetrazole rings is 1. The Balaban J connectivity index is 1.97. The molecule has 0 aliphatic heterocycles. The molecule has 1 saturated carbocycles. The average Bonchev–Trinajstić information content (AvgIpc) is 3.10. The maximum Gasteiger partial charge on any atom is 0.339 e. The number of carbonyl (C=O) groups is 1. The highest BCUT2D eigenvalue weighted by atomic mass is 32.2. The molecule has 3 rings (SSSR count). The van der Waals surface area contributed by atoms with E-state index in [0.29, 0.717) is 10.1 Å². The van der Waals surface area contributed by atoms with Crippen molar-refractivity contribution in [2.75, 3.05) is 0 Å². The SMILES string of the molecule is O=C(O)c1c(F)cccc1Sc1nnnn1C1CC1. The maximum atomic E-state index is 13.5. The van der Waals surface area contributed by atoms with Gasteiger partial charge in [-0.05, 0) is 47.2 Å². The second-order valence-electron chi connectivity index (χ2n) is 4.16. The van der Waals surface area contributed by atoms with Crippen LogP contribution < -0.4 is 0 Å². The number of carboxylic acids is 1. The largest absolute Gasteiger partial charge is 0.478 e. The second kappa shape index (κ2) is 4.61. The van der Waals surface area contributed by atoms with Crippen molar-refractivity contribution in [1.29, 1.82) is 0 Å². The number of rotatable bonds is 4. The Morgan fingerprint density at radius 2 is 2.26 bits per heavy atom. The lowest BCUT2D eigenvalue weighted by molar-refractivity contribution is 0.0688. The summed E-state index contributed by atoms with van der Waals surface area (Å²) >= 11 is 1.06. The van der Waals surface area contributed by atoms with E-state index in [0.717, 1.165) is 30.7 Å². The van der Waals surface area contributed by atoms with Crippen LogP contribution in [0.2, 0.25) is 0 Å². The minimum absolute atomic E-state index is 0.277. The van der Waals surface area contributed by atoms with E-state index in [1.807, 2.05) is 0 Å². The molecule has 0 amide bonds. The Bertz CT molecular complexity index is 641. The summed E-state index contributed by atoms with van der Waals surface area (Å²) in [7, 11) is 0. The van der Waals surface area contributed by atoms with Crippen molar-refractivity contribution in [1.82, 2.24) is 20.2 Å². The van der Waals surface area contributed by atoms with Gasteiger partial charge < -0.3 is 5.11 Å². The van der Waals surface area contributed by atoms with Gasteiger partial charge in [0.2, 0.25) is 5.16 Å². The predicted octanol–water partition coefficient (Wildman–Crippen LogP) is 2.00. The zero-order valence-electron chi connectivity index (χ0n) is 9.65. The summed E-state index contributed by atoms with van der Waals surface area (Å²) in [5.41, 5.74) is -0.349. The molecule has 1 aromatic heterocycles. The third-order valence-electron chi connectivity index (χ3n) is 2.75. The Morgan fingerprint density at radius 3 is 2.95 bits per heavy atom. The normalized spacial score (nSPS) is 14.6. The summed E-state index contributed by atoms with van der Waals surface area (Å²) < 4.78 is 15.2. The van der Waals surface area contributed by atoms with Gasteiger partial charge in [-0.3, -0.25) is 0 Å². The van der Waals surface area contributed by atoms with E-state index < -0.39 is 11.8 Å². The molecule has 1 aliphatic carbocycles. The van der Waals surface area contributed by atoms with E-state index in [2.05, 4.69) is 15.5 Å². The van der Waals surface area contributed by atoms with Crippen LogP contribution in [0, 0.1) is 5.82 Å². The third kappa shape index (κ3) is 2.30. The van der Waals surface area contributed by atoms with Crippen molar-refractivity contribution in [3.8, 4) is 0 Å². The topological polar surface area (TPSA) is 80.9 Å². The van der Waals surface area contributed by atoms with Crippen LogP contribution in [-0.4, -0.2) is 31.3 Å². The van der Waals surface area contributed by atoms with Crippen molar-refractivity contribution in [3.05, 3.63) is 29.6 Å². The van der Waals surface area contributed by atoms with Gasteiger partial charge in [-0.2, -0.15) is 0 Å². The van der Waals surface area contributed by atoms with Gasteiger partial charge in [0.25, 0.3) is 0 Å². The van der Waals surface area contributed by atoms with Crippen LogP contribution in [0.15, 0.2) is 28.3 Å². The molecule has 2 aromatic rings. The Hall–Kier alpha value is -1.96. The number of halogens is 1. The number of hydrogen-bond donors (Lipinski definition) is 1. The third-order valence-corrected chi connectivity index (χ3v) is 3.76. The number of hydrogen-bond acceptors (Lipinski definition) is 5. The summed E-state index contributed by atoms with van der Waals surface area (Å²) in [6.07, 6.45) is 2.01. The van der Waals surface area contributed by atoms with Gasteiger partial charge in [0, 0.05) is 4.90 Å². The molecule has 6 nitrogen and oxygen atoms in total. The van der Waals surface area contributed by atoms with E-state index in [1.165, 1.54) is 6.07 Å². The first-order chi connectivity index (χ1) is 9.16. The highest BCUT2D eigenvalue weighted by Crippen LogP contribution is 2.38. The van der Waals surface area contributed by atoms with Crippen LogP contribution in [-0.2, 0) is 0 Å². The molecule has 1 aliphatic rings. The van der Waals surface area contributed by atoms with E-state index in [-0.39, 0.29) is 11.6 Å². The molecule has 0 atom stereocenters.